The Morgan fingerprint density at radius 2 is 2.00 bits per heavy atom. The van der Waals surface area contributed by atoms with Gasteiger partial charge in [-0.05, 0) is 48.3 Å². The molecule has 1 aromatic carbocycles. The summed E-state index contributed by atoms with van der Waals surface area (Å²) in [5.41, 5.74) is 3.94. The molecule has 0 heterocycles. The first-order valence-electron chi connectivity index (χ1n) is 5.29. The summed E-state index contributed by atoms with van der Waals surface area (Å²) in [6.45, 7) is 3.64. The molecule has 0 radical (unpaired) electrons. The smallest absolute Gasteiger partial charge is 0.0984 e. The average Bonchev–Trinajstić information content (AvgIpc) is 2.29. The van der Waals surface area contributed by atoms with Crippen molar-refractivity contribution < 1.29 is 0 Å². The Morgan fingerprint density at radius 1 is 1.27 bits per heavy atom. The summed E-state index contributed by atoms with van der Waals surface area (Å²) in [4.78, 5) is 0. The summed E-state index contributed by atoms with van der Waals surface area (Å²) in [7, 11) is 0. The molecule has 78 valence electrons. The van der Waals surface area contributed by atoms with Crippen LogP contribution in [0.15, 0.2) is 30.2 Å². The molecular formula is C13H15NS. The lowest BCUT2D eigenvalue weighted by atomic mass is 9.90. The molecule has 2 rings (SSSR count). The maximum absolute atomic E-state index is 7.84. The summed E-state index contributed by atoms with van der Waals surface area (Å²) in [6.07, 6.45) is 4.98. The fraction of sp³-hybridized carbons (Fsp3) is 0.308. The SMILES string of the molecule is C=CSC(=N)c1ccc2c(c1)CCCC2. The topological polar surface area (TPSA) is 23.9 Å². The number of nitrogens with one attached hydrogen (secondary N) is 1. The van der Waals surface area contributed by atoms with Crippen LogP contribution in [0.5, 0.6) is 0 Å². The van der Waals surface area contributed by atoms with Gasteiger partial charge in [-0.15, -0.1) is 0 Å². The predicted molar refractivity (Wildman–Crippen MR) is 67.7 cm³/mol. The van der Waals surface area contributed by atoms with Crippen molar-refractivity contribution in [3.8, 4) is 0 Å². The lowest BCUT2D eigenvalue weighted by molar-refractivity contribution is 0.685. The molecule has 0 spiro atoms. The van der Waals surface area contributed by atoms with Crippen molar-refractivity contribution in [3.05, 3.63) is 46.9 Å². The molecule has 0 atom stereocenters. The van der Waals surface area contributed by atoms with Gasteiger partial charge in [0.25, 0.3) is 0 Å². The molecule has 0 aliphatic heterocycles. The van der Waals surface area contributed by atoms with Gasteiger partial charge in [-0.2, -0.15) is 0 Å². The van der Waals surface area contributed by atoms with Crippen LogP contribution in [-0.2, 0) is 12.8 Å². The molecule has 15 heavy (non-hydrogen) atoms. The van der Waals surface area contributed by atoms with E-state index in [9.17, 15) is 0 Å². The molecule has 1 N–H and O–H groups in total. The Bertz CT molecular complexity index is 396. The number of aryl methyl sites for hydroxylation is 2. The largest absolute Gasteiger partial charge is 0.293 e. The predicted octanol–water partition coefficient (Wildman–Crippen LogP) is 3.77. The number of hydrogen-bond donors (Lipinski definition) is 1. The summed E-state index contributed by atoms with van der Waals surface area (Å²) < 4.78 is 0. The minimum Gasteiger partial charge on any atom is -0.293 e. The van der Waals surface area contributed by atoms with Crippen LogP contribution in [0.25, 0.3) is 0 Å². The Balaban J connectivity index is 2.27. The van der Waals surface area contributed by atoms with Gasteiger partial charge in [0.05, 0.1) is 5.04 Å². The van der Waals surface area contributed by atoms with E-state index in [1.54, 1.807) is 5.41 Å². The van der Waals surface area contributed by atoms with Crippen molar-refractivity contribution in [2.45, 2.75) is 25.7 Å². The molecule has 0 saturated heterocycles. The van der Waals surface area contributed by atoms with Gasteiger partial charge in [0, 0.05) is 5.56 Å². The van der Waals surface area contributed by atoms with E-state index in [2.05, 4.69) is 24.8 Å². The summed E-state index contributed by atoms with van der Waals surface area (Å²) in [5, 5.41) is 10.1. The van der Waals surface area contributed by atoms with E-state index < -0.39 is 0 Å². The highest BCUT2D eigenvalue weighted by Crippen LogP contribution is 2.24. The van der Waals surface area contributed by atoms with Crippen molar-refractivity contribution in [3.63, 3.8) is 0 Å². The molecule has 0 amide bonds. The van der Waals surface area contributed by atoms with E-state index >= 15 is 0 Å². The zero-order chi connectivity index (χ0) is 10.7. The van der Waals surface area contributed by atoms with Gasteiger partial charge in [0.1, 0.15) is 0 Å². The third-order valence-corrected chi connectivity index (χ3v) is 3.45. The van der Waals surface area contributed by atoms with Gasteiger partial charge in [0.2, 0.25) is 0 Å². The molecule has 0 saturated carbocycles. The van der Waals surface area contributed by atoms with E-state index in [1.807, 2.05) is 0 Å². The van der Waals surface area contributed by atoms with Crippen molar-refractivity contribution in [1.29, 1.82) is 5.41 Å². The second-order valence-electron chi connectivity index (χ2n) is 3.80. The Kier molecular flexibility index (Phi) is 3.27. The van der Waals surface area contributed by atoms with Crippen molar-refractivity contribution in [1.82, 2.24) is 0 Å². The first-order chi connectivity index (χ1) is 7.31. The lowest BCUT2D eigenvalue weighted by Gasteiger charge is -2.16. The molecule has 0 bridgehead atoms. The summed E-state index contributed by atoms with van der Waals surface area (Å²) >= 11 is 1.38. The number of hydrogen-bond acceptors (Lipinski definition) is 2. The molecule has 1 nitrogen and oxygen atoms in total. The van der Waals surface area contributed by atoms with E-state index in [4.69, 9.17) is 5.41 Å². The highest BCUT2D eigenvalue weighted by Gasteiger charge is 2.10. The van der Waals surface area contributed by atoms with Gasteiger partial charge < -0.3 is 0 Å². The monoisotopic (exact) mass is 217 g/mol. The molecule has 1 aliphatic carbocycles. The van der Waals surface area contributed by atoms with Crippen LogP contribution in [0.4, 0.5) is 0 Å². The highest BCUT2D eigenvalue weighted by molar-refractivity contribution is 8.16. The van der Waals surface area contributed by atoms with Gasteiger partial charge >= 0.3 is 0 Å². The van der Waals surface area contributed by atoms with Crippen LogP contribution in [-0.4, -0.2) is 5.04 Å². The van der Waals surface area contributed by atoms with Crippen LogP contribution >= 0.6 is 11.8 Å². The second kappa shape index (κ2) is 4.67. The molecule has 1 aliphatic rings. The van der Waals surface area contributed by atoms with E-state index in [1.165, 1.54) is 48.6 Å². The maximum atomic E-state index is 7.84. The molecule has 0 fully saturated rings. The molecule has 2 heteroatoms. The normalized spacial score (nSPS) is 14.4. The number of rotatable bonds is 2. The van der Waals surface area contributed by atoms with Crippen molar-refractivity contribution >= 4 is 16.8 Å². The standard InChI is InChI=1S/C13H15NS/c1-2-15-13(14)12-8-7-10-5-3-4-6-11(10)9-12/h2,7-9,14H,1,3-6H2. The average molecular weight is 217 g/mol. The van der Waals surface area contributed by atoms with Crippen LogP contribution in [0.1, 0.15) is 29.5 Å². The minimum absolute atomic E-state index is 0.596. The van der Waals surface area contributed by atoms with Crippen molar-refractivity contribution in [2.24, 2.45) is 0 Å². The zero-order valence-electron chi connectivity index (χ0n) is 8.75. The Labute approximate surface area is 95.1 Å². The van der Waals surface area contributed by atoms with Crippen LogP contribution in [0.3, 0.4) is 0 Å². The first-order valence-corrected chi connectivity index (χ1v) is 6.17. The van der Waals surface area contributed by atoms with Crippen LogP contribution in [0, 0.1) is 5.41 Å². The van der Waals surface area contributed by atoms with Gasteiger partial charge in [-0.3, -0.25) is 5.41 Å². The summed E-state index contributed by atoms with van der Waals surface area (Å²) in [5.74, 6) is 0. The number of thioether (sulfide) groups is 1. The second-order valence-corrected chi connectivity index (χ2v) is 4.78. The van der Waals surface area contributed by atoms with Gasteiger partial charge in [-0.1, -0.05) is 30.5 Å². The molecular weight excluding hydrogens is 202 g/mol. The number of benzene rings is 1. The van der Waals surface area contributed by atoms with E-state index in [0.29, 0.717) is 5.04 Å². The zero-order valence-corrected chi connectivity index (χ0v) is 9.57. The molecule has 1 aromatic rings. The summed E-state index contributed by atoms with van der Waals surface area (Å²) in [6, 6.07) is 6.42. The van der Waals surface area contributed by atoms with Crippen LogP contribution in [0.2, 0.25) is 0 Å². The van der Waals surface area contributed by atoms with Gasteiger partial charge in [-0.25, -0.2) is 0 Å². The van der Waals surface area contributed by atoms with Gasteiger partial charge in [0.15, 0.2) is 0 Å². The first kappa shape index (κ1) is 10.5. The highest BCUT2D eigenvalue weighted by atomic mass is 32.2. The van der Waals surface area contributed by atoms with Crippen molar-refractivity contribution in [2.75, 3.05) is 0 Å². The van der Waals surface area contributed by atoms with Crippen LogP contribution < -0.4 is 0 Å². The number of fused-ring (bicyclic) bond motifs is 1. The molecule has 0 aromatic heterocycles. The third kappa shape index (κ3) is 2.32. The Hall–Kier alpha value is -1.02. The fourth-order valence-electron chi connectivity index (χ4n) is 2.03. The third-order valence-electron chi connectivity index (χ3n) is 2.81. The maximum Gasteiger partial charge on any atom is 0.0984 e. The van der Waals surface area contributed by atoms with E-state index in [-0.39, 0.29) is 0 Å². The molecule has 0 unspecified atom stereocenters. The fourth-order valence-corrected chi connectivity index (χ4v) is 2.46. The lowest BCUT2D eigenvalue weighted by Crippen LogP contribution is -2.04. The Morgan fingerprint density at radius 3 is 2.73 bits per heavy atom. The minimum atomic E-state index is 0.596. The quantitative estimate of drug-likeness (QED) is 0.591. The van der Waals surface area contributed by atoms with E-state index in [0.717, 1.165) is 5.56 Å².